The summed E-state index contributed by atoms with van der Waals surface area (Å²) in [5.41, 5.74) is 6.07. The number of carboxylic acid groups (broad SMARTS) is 1. The van der Waals surface area contributed by atoms with Gasteiger partial charge >= 0.3 is 5.97 Å². The highest BCUT2D eigenvalue weighted by Gasteiger charge is 2.35. The maximum atomic E-state index is 12.7. The molecule has 1 aliphatic heterocycles. The van der Waals surface area contributed by atoms with Gasteiger partial charge in [-0.3, -0.25) is 14.4 Å². The molecule has 3 amide bonds. The normalized spacial score (nSPS) is 18.0. The Kier molecular flexibility index (Phi) is 7.54. The number of carbonyl (C=O) groups excluding carboxylic acids is 3. The van der Waals surface area contributed by atoms with Crippen LogP contribution in [0.25, 0.3) is 0 Å². The van der Waals surface area contributed by atoms with Gasteiger partial charge in [-0.05, 0) is 37.5 Å². The Morgan fingerprint density at radius 2 is 1.90 bits per heavy atom. The highest BCUT2D eigenvalue weighted by molar-refractivity contribution is 5.93. The van der Waals surface area contributed by atoms with E-state index in [9.17, 15) is 29.4 Å². The van der Waals surface area contributed by atoms with Crippen LogP contribution in [0.4, 0.5) is 0 Å². The minimum absolute atomic E-state index is 0.0342. The number of nitrogens with two attached hydrogens (primary N) is 1. The summed E-state index contributed by atoms with van der Waals surface area (Å²) in [6, 6.07) is 3.29. The highest BCUT2D eigenvalue weighted by Crippen LogP contribution is 2.18. The van der Waals surface area contributed by atoms with E-state index in [4.69, 9.17) is 5.73 Å². The molecule has 1 aliphatic rings. The number of hydrogen-bond acceptors (Lipinski definition) is 6. The predicted molar refractivity (Wildman–Crippen MR) is 103 cm³/mol. The highest BCUT2D eigenvalue weighted by atomic mass is 16.4. The summed E-state index contributed by atoms with van der Waals surface area (Å²) in [7, 11) is 0. The topological polar surface area (TPSA) is 162 Å². The second-order valence-corrected chi connectivity index (χ2v) is 7.02. The summed E-state index contributed by atoms with van der Waals surface area (Å²) in [6.07, 6.45) is 1.04. The maximum Gasteiger partial charge on any atom is 0.326 e. The van der Waals surface area contributed by atoms with Crippen LogP contribution < -0.4 is 16.4 Å². The van der Waals surface area contributed by atoms with Crippen molar-refractivity contribution in [2.75, 3.05) is 13.1 Å². The lowest BCUT2D eigenvalue weighted by molar-refractivity contribution is -0.144. The van der Waals surface area contributed by atoms with Crippen LogP contribution in [0.1, 0.15) is 25.3 Å². The van der Waals surface area contributed by atoms with E-state index in [0.717, 1.165) is 0 Å². The molecule has 2 rings (SSSR count). The quantitative estimate of drug-likeness (QED) is 0.368. The number of aromatic hydroxyl groups is 1. The Morgan fingerprint density at radius 1 is 1.24 bits per heavy atom. The number of benzene rings is 1. The first-order valence-electron chi connectivity index (χ1n) is 9.33. The van der Waals surface area contributed by atoms with E-state index in [2.05, 4.69) is 10.6 Å². The lowest BCUT2D eigenvalue weighted by atomic mass is 10.0. The van der Waals surface area contributed by atoms with Crippen LogP contribution in [0.15, 0.2) is 24.3 Å². The number of aliphatic carboxylic acids is 1. The van der Waals surface area contributed by atoms with Crippen LogP contribution in [0.5, 0.6) is 5.75 Å². The van der Waals surface area contributed by atoms with E-state index in [1.807, 2.05) is 0 Å². The summed E-state index contributed by atoms with van der Waals surface area (Å²) in [6.45, 7) is 1.56. The number of likely N-dealkylation sites (tertiary alicyclic amines) is 1. The fraction of sp³-hybridized carbons (Fsp3) is 0.474. The van der Waals surface area contributed by atoms with Crippen molar-refractivity contribution in [3.63, 3.8) is 0 Å². The molecule has 0 aliphatic carbocycles. The molecule has 1 aromatic carbocycles. The SMILES string of the molecule is CC(N)C(=O)NCC(=O)N1CCCC1C(=O)NC(Cc1ccc(O)cc1)C(=O)O. The standard InChI is InChI=1S/C19H26N4O6/c1-11(20)17(26)21-10-16(25)23-8-2-3-15(23)18(27)22-14(19(28)29)9-12-4-6-13(24)7-5-12/h4-7,11,14-15,24H,2-3,8-10,20H2,1H3,(H,21,26)(H,22,27)(H,28,29). The molecule has 1 aromatic rings. The van der Waals surface area contributed by atoms with Crippen molar-refractivity contribution in [1.82, 2.24) is 15.5 Å². The molecule has 0 spiro atoms. The Bertz CT molecular complexity index is 764. The molecule has 158 valence electrons. The van der Waals surface area contributed by atoms with Crippen LogP contribution in [-0.2, 0) is 25.6 Å². The lowest BCUT2D eigenvalue weighted by Crippen LogP contribution is -2.53. The fourth-order valence-electron chi connectivity index (χ4n) is 3.10. The van der Waals surface area contributed by atoms with Gasteiger partial charge in [0.05, 0.1) is 12.6 Å². The van der Waals surface area contributed by atoms with Crippen LogP contribution in [-0.4, -0.2) is 70.0 Å². The van der Waals surface area contributed by atoms with Crippen molar-refractivity contribution >= 4 is 23.7 Å². The number of nitrogens with one attached hydrogen (secondary N) is 2. The minimum atomic E-state index is -1.20. The summed E-state index contributed by atoms with van der Waals surface area (Å²) in [5.74, 6) is -2.60. The zero-order valence-electron chi connectivity index (χ0n) is 16.1. The van der Waals surface area contributed by atoms with Crippen molar-refractivity contribution in [2.24, 2.45) is 5.73 Å². The van der Waals surface area contributed by atoms with Crippen molar-refractivity contribution in [1.29, 1.82) is 0 Å². The predicted octanol–water partition coefficient (Wildman–Crippen LogP) is -1.04. The molecule has 0 saturated carbocycles. The minimum Gasteiger partial charge on any atom is -0.508 e. The number of carboxylic acids is 1. The largest absolute Gasteiger partial charge is 0.508 e. The van der Waals surface area contributed by atoms with Gasteiger partial charge in [-0.15, -0.1) is 0 Å². The summed E-state index contributed by atoms with van der Waals surface area (Å²) < 4.78 is 0. The molecule has 6 N–H and O–H groups in total. The van der Waals surface area contributed by atoms with E-state index in [1.54, 1.807) is 12.1 Å². The number of hydrogen-bond donors (Lipinski definition) is 5. The third-order valence-corrected chi connectivity index (χ3v) is 4.69. The molecule has 0 radical (unpaired) electrons. The zero-order chi connectivity index (χ0) is 21.6. The van der Waals surface area contributed by atoms with Gasteiger partial charge in [-0.2, -0.15) is 0 Å². The van der Waals surface area contributed by atoms with Crippen LogP contribution in [0.2, 0.25) is 0 Å². The molecule has 29 heavy (non-hydrogen) atoms. The van der Waals surface area contributed by atoms with Gasteiger partial charge in [0.25, 0.3) is 0 Å². The first kappa shape index (κ1) is 22.2. The smallest absolute Gasteiger partial charge is 0.326 e. The van der Waals surface area contributed by atoms with Crippen LogP contribution in [0.3, 0.4) is 0 Å². The monoisotopic (exact) mass is 406 g/mol. The Morgan fingerprint density at radius 3 is 2.48 bits per heavy atom. The van der Waals surface area contributed by atoms with Crippen molar-refractivity contribution in [3.05, 3.63) is 29.8 Å². The molecule has 0 bridgehead atoms. The van der Waals surface area contributed by atoms with Gasteiger partial charge in [0, 0.05) is 13.0 Å². The second kappa shape index (κ2) is 9.87. The molecule has 1 fully saturated rings. The number of nitrogens with zero attached hydrogens (tertiary/aromatic N) is 1. The molecular weight excluding hydrogens is 380 g/mol. The molecule has 0 aromatic heterocycles. The van der Waals surface area contributed by atoms with Gasteiger partial charge in [0.2, 0.25) is 17.7 Å². The number of rotatable bonds is 8. The zero-order valence-corrected chi connectivity index (χ0v) is 16.1. The van der Waals surface area contributed by atoms with Crippen molar-refractivity contribution in [3.8, 4) is 5.75 Å². The Labute approximate surface area is 168 Å². The first-order valence-corrected chi connectivity index (χ1v) is 9.33. The third kappa shape index (κ3) is 6.18. The summed E-state index contributed by atoms with van der Waals surface area (Å²) in [5, 5.41) is 23.7. The fourth-order valence-corrected chi connectivity index (χ4v) is 3.10. The molecule has 1 saturated heterocycles. The van der Waals surface area contributed by atoms with E-state index in [1.165, 1.54) is 24.0 Å². The number of amides is 3. The van der Waals surface area contributed by atoms with E-state index >= 15 is 0 Å². The number of phenolic OH excluding ortho intramolecular Hbond substituents is 1. The van der Waals surface area contributed by atoms with Crippen LogP contribution >= 0.6 is 0 Å². The van der Waals surface area contributed by atoms with Crippen LogP contribution in [0, 0.1) is 0 Å². The number of carbonyl (C=O) groups is 4. The van der Waals surface area contributed by atoms with Crippen molar-refractivity contribution < 1.29 is 29.4 Å². The second-order valence-electron chi connectivity index (χ2n) is 7.02. The molecule has 1 heterocycles. The first-order chi connectivity index (χ1) is 13.7. The molecular formula is C19H26N4O6. The molecule has 10 nitrogen and oxygen atoms in total. The Balaban J connectivity index is 1.98. The molecule has 10 heteroatoms. The number of phenols is 1. The maximum absolute atomic E-state index is 12.7. The van der Waals surface area contributed by atoms with E-state index in [0.29, 0.717) is 24.9 Å². The van der Waals surface area contributed by atoms with Crippen molar-refractivity contribution in [2.45, 2.75) is 44.3 Å². The van der Waals surface area contributed by atoms with Gasteiger partial charge in [0.1, 0.15) is 17.8 Å². The third-order valence-electron chi connectivity index (χ3n) is 4.69. The molecule has 3 atom stereocenters. The lowest BCUT2D eigenvalue weighted by Gasteiger charge is -2.26. The van der Waals surface area contributed by atoms with Gasteiger partial charge in [-0.25, -0.2) is 4.79 Å². The Hall–Kier alpha value is -3.14. The molecule has 3 unspecified atom stereocenters. The summed E-state index contributed by atoms with van der Waals surface area (Å²) in [4.78, 5) is 49.5. The van der Waals surface area contributed by atoms with Gasteiger partial charge in [0.15, 0.2) is 0 Å². The van der Waals surface area contributed by atoms with E-state index in [-0.39, 0.29) is 18.7 Å². The average Bonchev–Trinajstić information content (AvgIpc) is 3.16. The average molecular weight is 406 g/mol. The summed E-state index contributed by atoms with van der Waals surface area (Å²) >= 11 is 0. The van der Waals surface area contributed by atoms with Gasteiger partial charge < -0.3 is 31.5 Å². The van der Waals surface area contributed by atoms with E-state index < -0.39 is 41.8 Å². The van der Waals surface area contributed by atoms with Gasteiger partial charge in [-0.1, -0.05) is 12.1 Å².